The van der Waals surface area contributed by atoms with Crippen molar-refractivity contribution < 1.29 is 35.9 Å². The molecule has 0 saturated heterocycles. The predicted molar refractivity (Wildman–Crippen MR) is 157 cm³/mol. The summed E-state index contributed by atoms with van der Waals surface area (Å²) in [6, 6.07) is 16.0. The molecule has 0 aliphatic carbocycles. The van der Waals surface area contributed by atoms with E-state index in [1.165, 1.54) is 32.2 Å². The summed E-state index contributed by atoms with van der Waals surface area (Å²) >= 11 is 0. The van der Waals surface area contributed by atoms with E-state index in [9.17, 15) is 31.2 Å². The number of aromatic amines is 1. The van der Waals surface area contributed by atoms with Gasteiger partial charge in [-0.1, -0.05) is 38.1 Å². The van der Waals surface area contributed by atoms with Crippen LogP contribution in [0.4, 0.5) is 13.2 Å². The van der Waals surface area contributed by atoms with Crippen molar-refractivity contribution in [2.24, 2.45) is 5.92 Å². The molecule has 1 aromatic heterocycles. The second kappa shape index (κ2) is 12.5. The van der Waals surface area contributed by atoms with E-state index in [-0.39, 0.29) is 22.9 Å². The van der Waals surface area contributed by atoms with Crippen LogP contribution in [0.2, 0.25) is 0 Å². The third-order valence-corrected chi connectivity index (χ3v) is 8.70. The first-order chi connectivity index (χ1) is 20.2. The molecular weight excluding hydrogens is 583 g/mol. The molecule has 12 heteroatoms. The molecule has 43 heavy (non-hydrogen) atoms. The number of nitrogens with one attached hydrogen (secondary N) is 3. The Bertz CT molecular complexity index is 1770. The second-order valence-electron chi connectivity index (χ2n) is 10.5. The molecule has 0 saturated carbocycles. The van der Waals surface area contributed by atoms with E-state index in [4.69, 9.17) is 4.74 Å². The van der Waals surface area contributed by atoms with E-state index in [2.05, 4.69) is 15.0 Å². The zero-order valence-corrected chi connectivity index (χ0v) is 24.8. The van der Waals surface area contributed by atoms with E-state index in [0.717, 1.165) is 16.5 Å². The van der Waals surface area contributed by atoms with Crippen LogP contribution in [0.5, 0.6) is 5.75 Å². The van der Waals surface area contributed by atoms with Gasteiger partial charge in [0.05, 0.1) is 12.0 Å². The summed E-state index contributed by atoms with van der Waals surface area (Å²) < 4.78 is 71.2. The summed E-state index contributed by atoms with van der Waals surface area (Å²) in [7, 11) is -2.66. The van der Waals surface area contributed by atoms with Gasteiger partial charge in [0.2, 0.25) is 0 Å². The van der Waals surface area contributed by atoms with E-state index in [0.29, 0.717) is 22.4 Å². The molecule has 2 amide bonds. The molecular formula is C31H32F3N3O5S. The number of aryl methyl sites for hydroxylation is 1. The number of H-pyrrole nitrogens is 1. The molecule has 0 fully saturated rings. The summed E-state index contributed by atoms with van der Waals surface area (Å²) in [5.41, 5.74) is 3.15. The summed E-state index contributed by atoms with van der Waals surface area (Å²) in [4.78, 5) is 28.8. The average molecular weight is 616 g/mol. The van der Waals surface area contributed by atoms with Gasteiger partial charge in [0.15, 0.2) is 0 Å². The molecule has 0 aliphatic rings. The average Bonchev–Trinajstić information content (AvgIpc) is 3.37. The van der Waals surface area contributed by atoms with Gasteiger partial charge in [-0.25, -0.2) is 13.1 Å². The fourth-order valence-corrected chi connectivity index (χ4v) is 6.17. The Morgan fingerprint density at radius 3 is 2.30 bits per heavy atom. The number of fused-ring (bicyclic) bond motifs is 1. The standard InChI is InChI=1S/C31H32F3N3O5S/c1-18(15-31(32,33)34)16-36-29(38)21-10-12-26-24(13-21)25(17-35-26)20(3)23-11-9-22(14-27(23)42-4)30(39)37-43(40,41)28-8-6-5-7-19(28)2/h5-14,17-18,20,35H,15-16H2,1-4H3,(H,36,38)(H,37,39)/t18-,20?/m1/s1. The third kappa shape index (κ3) is 7.37. The first-order valence-corrected chi connectivity index (χ1v) is 14.9. The van der Waals surface area contributed by atoms with Gasteiger partial charge in [-0.2, -0.15) is 13.2 Å². The van der Waals surface area contributed by atoms with Gasteiger partial charge in [-0.05, 0) is 60.4 Å². The fourth-order valence-electron chi connectivity index (χ4n) is 4.95. The molecule has 0 aliphatic heterocycles. The van der Waals surface area contributed by atoms with Crippen molar-refractivity contribution >= 4 is 32.7 Å². The lowest BCUT2D eigenvalue weighted by Gasteiger charge is -2.17. The van der Waals surface area contributed by atoms with Crippen LogP contribution < -0.4 is 14.8 Å². The quantitative estimate of drug-likeness (QED) is 0.200. The van der Waals surface area contributed by atoms with Gasteiger partial charge in [0.1, 0.15) is 5.75 Å². The first-order valence-electron chi connectivity index (χ1n) is 13.5. The molecule has 3 N–H and O–H groups in total. The minimum atomic E-state index is -4.30. The number of hydrogen-bond donors (Lipinski definition) is 3. The Kier molecular flexibility index (Phi) is 9.19. The normalized spacial score (nSPS) is 13.4. The van der Waals surface area contributed by atoms with E-state index in [1.807, 2.05) is 6.92 Å². The maximum Gasteiger partial charge on any atom is 0.389 e. The molecule has 1 unspecified atom stereocenters. The predicted octanol–water partition coefficient (Wildman–Crippen LogP) is 6.07. The van der Waals surface area contributed by atoms with Crippen molar-refractivity contribution in [3.8, 4) is 5.75 Å². The van der Waals surface area contributed by atoms with Crippen molar-refractivity contribution in [1.29, 1.82) is 0 Å². The molecule has 0 radical (unpaired) electrons. The van der Waals surface area contributed by atoms with Gasteiger partial charge in [0.25, 0.3) is 21.8 Å². The second-order valence-corrected chi connectivity index (χ2v) is 12.2. The Labute approximate surface area is 247 Å². The number of carbonyl (C=O) groups is 2. The number of benzene rings is 3. The van der Waals surface area contributed by atoms with Crippen molar-refractivity contribution in [1.82, 2.24) is 15.0 Å². The van der Waals surface area contributed by atoms with E-state index in [1.54, 1.807) is 55.6 Å². The molecule has 3 aromatic carbocycles. The lowest BCUT2D eigenvalue weighted by molar-refractivity contribution is -0.142. The van der Waals surface area contributed by atoms with E-state index >= 15 is 0 Å². The molecule has 228 valence electrons. The minimum absolute atomic E-state index is 0.00348. The van der Waals surface area contributed by atoms with E-state index < -0.39 is 40.4 Å². The Morgan fingerprint density at radius 2 is 1.63 bits per heavy atom. The van der Waals surface area contributed by atoms with Crippen LogP contribution in [-0.2, 0) is 10.0 Å². The SMILES string of the molecule is COc1cc(C(=O)NS(=O)(=O)c2ccccc2C)ccc1C(C)c1c[nH]c2ccc(C(=O)NC[C@H](C)CC(F)(F)F)cc12. The minimum Gasteiger partial charge on any atom is -0.496 e. The van der Waals surface area contributed by atoms with Crippen LogP contribution in [0.15, 0.2) is 71.8 Å². The monoisotopic (exact) mass is 615 g/mol. The highest BCUT2D eigenvalue weighted by molar-refractivity contribution is 7.90. The van der Waals surface area contributed by atoms with Crippen LogP contribution in [-0.4, -0.2) is 45.0 Å². The summed E-state index contributed by atoms with van der Waals surface area (Å²) in [6.45, 7) is 4.86. The van der Waals surface area contributed by atoms with Crippen molar-refractivity contribution in [2.75, 3.05) is 13.7 Å². The number of alkyl halides is 3. The number of aromatic nitrogens is 1. The maximum absolute atomic E-state index is 12.9. The van der Waals surface area contributed by atoms with Crippen LogP contribution in [0.3, 0.4) is 0 Å². The van der Waals surface area contributed by atoms with Gasteiger partial charge >= 0.3 is 6.18 Å². The van der Waals surface area contributed by atoms with Crippen LogP contribution >= 0.6 is 0 Å². The summed E-state index contributed by atoms with van der Waals surface area (Å²) in [5, 5.41) is 3.31. The maximum atomic E-state index is 12.9. The number of ether oxygens (including phenoxy) is 1. The molecule has 2 atom stereocenters. The zero-order valence-electron chi connectivity index (χ0n) is 24.0. The van der Waals surface area contributed by atoms with Crippen molar-refractivity contribution in [3.63, 3.8) is 0 Å². The molecule has 4 rings (SSSR count). The summed E-state index contributed by atoms with van der Waals surface area (Å²) in [6.07, 6.45) is -3.50. The number of sulfonamides is 1. The smallest absolute Gasteiger partial charge is 0.389 e. The van der Waals surface area contributed by atoms with Crippen molar-refractivity contribution in [2.45, 2.75) is 44.2 Å². The van der Waals surface area contributed by atoms with Crippen molar-refractivity contribution in [3.05, 3.63) is 94.7 Å². The molecule has 0 spiro atoms. The number of rotatable bonds is 10. The molecule has 8 nitrogen and oxygen atoms in total. The molecule has 0 bridgehead atoms. The Balaban J connectivity index is 1.55. The number of hydrogen-bond acceptors (Lipinski definition) is 5. The number of carbonyl (C=O) groups excluding carboxylic acids is 2. The lowest BCUT2D eigenvalue weighted by Crippen LogP contribution is -2.31. The third-order valence-electron chi connectivity index (χ3n) is 7.21. The molecule has 4 aromatic rings. The number of halogens is 3. The number of methoxy groups -OCH3 is 1. The Hall–Kier alpha value is -4.32. The molecule has 1 heterocycles. The number of amides is 2. The van der Waals surface area contributed by atoms with Crippen LogP contribution in [0.1, 0.15) is 63.6 Å². The topological polar surface area (TPSA) is 117 Å². The first kappa shape index (κ1) is 31.6. The summed E-state index contributed by atoms with van der Waals surface area (Å²) in [5.74, 6) is -2.00. The van der Waals surface area contributed by atoms with Gasteiger partial charge in [0, 0.05) is 52.7 Å². The van der Waals surface area contributed by atoms with Gasteiger partial charge < -0.3 is 15.0 Å². The fraction of sp³-hybridized carbons (Fsp3) is 0.290. The van der Waals surface area contributed by atoms with Crippen LogP contribution in [0, 0.1) is 12.8 Å². The largest absolute Gasteiger partial charge is 0.496 e. The zero-order chi connectivity index (χ0) is 31.5. The van der Waals surface area contributed by atoms with Gasteiger partial charge in [-0.15, -0.1) is 0 Å². The lowest BCUT2D eigenvalue weighted by atomic mass is 9.91. The highest BCUT2D eigenvalue weighted by Crippen LogP contribution is 2.36. The highest BCUT2D eigenvalue weighted by atomic mass is 32.2. The van der Waals surface area contributed by atoms with Gasteiger partial charge in [-0.3, -0.25) is 9.59 Å². The highest BCUT2D eigenvalue weighted by Gasteiger charge is 2.30. The van der Waals surface area contributed by atoms with Crippen LogP contribution in [0.25, 0.3) is 10.9 Å². The Morgan fingerprint density at radius 1 is 0.953 bits per heavy atom.